The molecule has 0 spiro atoms. The quantitative estimate of drug-likeness (QED) is 0.590. The van der Waals surface area contributed by atoms with Crippen molar-refractivity contribution in [1.82, 2.24) is 9.55 Å². The van der Waals surface area contributed by atoms with E-state index in [1.54, 1.807) is 13.0 Å². The van der Waals surface area contributed by atoms with E-state index in [0.717, 1.165) is 22.0 Å². The maximum Gasteiger partial charge on any atom is 0.343 e. The molecule has 8 heteroatoms. The van der Waals surface area contributed by atoms with Crippen LogP contribution in [0.15, 0.2) is 35.1 Å². The number of ether oxygens (including phenoxy) is 2. The van der Waals surface area contributed by atoms with Crippen LogP contribution < -0.4 is 5.56 Å². The van der Waals surface area contributed by atoms with Gasteiger partial charge < -0.3 is 19.7 Å². The number of cyclic esters (lactones) is 1. The average Bonchev–Trinajstić information content (AvgIpc) is 3.12. The summed E-state index contributed by atoms with van der Waals surface area (Å²) >= 11 is 0. The van der Waals surface area contributed by atoms with Gasteiger partial charge >= 0.3 is 5.97 Å². The number of fused-ring (bicyclic) bond motifs is 5. The van der Waals surface area contributed by atoms with Gasteiger partial charge in [-0.05, 0) is 30.5 Å². The first kappa shape index (κ1) is 20.8. The molecule has 0 bridgehead atoms. The first-order valence-corrected chi connectivity index (χ1v) is 10.8. The van der Waals surface area contributed by atoms with Crippen LogP contribution in [0.2, 0.25) is 0 Å². The summed E-state index contributed by atoms with van der Waals surface area (Å²) in [5.74, 6) is -0.760. The van der Waals surface area contributed by atoms with E-state index in [9.17, 15) is 19.8 Å². The zero-order valence-corrected chi connectivity index (χ0v) is 17.9. The number of carbonyl (C=O) groups is 1. The van der Waals surface area contributed by atoms with Gasteiger partial charge in [-0.15, -0.1) is 0 Å². The third-order valence-electron chi connectivity index (χ3n) is 6.47. The second kappa shape index (κ2) is 7.51. The fraction of sp³-hybridized carbons (Fsp3) is 0.375. The minimum atomic E-state index is -1.89. The monoisotopic (exact) mass is 436 g/mol. The van der Waals surface area contributed by atoms with Gasteiger partial charge in [-0.2, -0.15) is 0 Å². The number of nitrogens with zero attached hydrogens (tertiary/aromatic N) is 2. The number of esters is 1. The lowest BCUT2D eigenvalue weighted by Crippen LogP contribution is -2.44. The third kappa shape index (κ3) is 2.70. The number of para-hydroxylation sites is 1. The lowest BCUT2D eigenvalue weighted by atomic mass is 9.86. The predicted molar refractivity (Wildman–Crippen MR) is 116 cm³/mol. The van der Waals surface area contributed by atoms with E-state index < -0.39 is 23.4 Å². The summed E-state index contributed by atoms with van der Waals surface area (Å²) < 4.78 is 12.6. The van der Waals surface area contributed by atoms with Crippen LogP contribution in [0.1, 0.15) is 48.8 Å². The highest BCUT2D eigenvalue weighted by Gasteiger charge is 2.46. The topological polar surface area (TPSA) is 111 Å². The van der Waals surface area contributed by atoms with Crippen molar-refractivity contribution >= 4 is 16.9 Å². The molecule has 2 aromatic heterocycles. The predicted octanol–water partition coefficient (Wildman–Crippen LogP) is 2.15. The maximum atomic E-state index is 13.6. The molecule has 5 rings (SSSR count). The molecule has 4 heterocycles. The molecule has 0 radical (unpaired) electrons. The van der Waals surface area contributed by atoms with Crippen LogP contribution in [0, 0.1) is 0 Å². The maximum absolute atomic E-state index is 13.6. The Morgan fingerprint density at radius 3 is 2.78 bits per heavy atom. The molecule has 0 amide bonds. The molecule has 0 aliphatic carbocycles. The van der Waals surface area contributed by atoms with Crippen molar-refractivity contribution in [3.63, 3.8) is 0 Å². The zero-order valence-electron chi connectivity index (χ0n) is 17.9. The Bertz CT molecular complexity index is 1310. The minimum absolute atomic E-state index is 0.0386. The standard InChI is InChI=1S/C24H24N2O6/c1-3-13-14-7-5-6-8-17(14)25-20-18-11-16-15(12-32-23(29)24(16,30)4-2)21(28)26(18)22(19(13)20)31-10-9-27/h5-8,11,22,27,30H,3-4,9-10,12H2,1-2H3/t22?,24-/m0/s1. The second-order valence-corrected chi connectivity index (χ2v) is 8.06. The number of aryl methyl sites for hydroxylation is 1. The molecular formula is C24H24N2O6. The highest BCUT2D eigenvalue weighted by Crippen LogP contribution is 2.45. The molecule has 8 nitrogen and oxygen atoms in total. The number of carbonyl (C=O) groups excluding carboxylic acids is 1. The van der Waals surface area contributed by atoms with E-state index in [4.69, 9.17) is 14.5 Å². The molecule has 2 N–H and O–H groups in total. The minimum Gasteiger partial charge on any atom is -0.458 e. The van der Waals surface area contributed by atoms with Crippen molar-refractivity contribution in [2.75, 3.05) is 13.2 Å². The number of pyridine rings is 2. The number of hydrogen-bond donors (Lipinski definition) is 2. The van der Waals surface area contributed by atoms with E-state index >= 15 is 0 Å². The molecule has 3 aromatic rings. The van der Waals surface area contributed by atoms with Gasteiger partial charge in [-0.25, -0.2) is 9.78 Å². The summed E-state index contributed by atoms with van der Waals surface area (Å²) in [5, 5.41) is 21.4. The largest absolute Gasteiger partial charge is 0.458 e. The summed E-state index contributed by atoms with van der Waals surface area (Å²) in [4.78, 5) is 30.9. The highest BCUT2D eigenvalue weighted by atomic mass is 16.6. The Balaban J connectivity index is 1.87. The molecule has 1 unspecified atom stereocenters. The fourth-order valence-corrected chi connectivity index (χ4v) is 4.88. The summed E-state index contributed by atoms with van der Waals surface area (Å²) in [5.41, 5.74) is 1.82. The first-order valence-electron chi connectivity index (χ1n) is 10.8. The Morgan fingerprint density at radius 2 is 2.06 bits per heavy atom. The molecule has 166 valence electrons. The fourth-order valence-electron chi connectivity index (χ4n) is 4.88. The lowest BCUT2D eigenvalue weighted by Gasteiger charge is -2.32. The van der Waals surface area contributed by atoms with Gasteiger partial charge in [0.15, 0.2) is 11.8 Å². The van der Waals surface area contributed by atoms with E-state index in [-0.39, 0.29) is 37.4 Å². The number of benzene rings is 1. The van der Waals surface area contributed by atoms with Crippen LogP contribution in [0.4, 0.5) is 0 Å². The first-order chi connectivity index (χ1) is 15.5. The third-order valence-corrected chi connectivity index (χ3v) is 6.47. The molecular weight excluding hydrogens is 412 g/mol. The van der Waals surface area contributed by atoms with Gasteiger partial charge in [0.1, 0.15) is 6.61 Å². The van der Waals surface area contributed by atoms with Crippen LogP contribution in [0.5, 0.6) is 0 Å². The molecule has 2 aliphatic rings. The van der Waals surface area contributed by atoms with Gasteiger partial charge in [0.05, 0.1) is 35.7 Å². The molecule has 0 saturated carbocycles. The number of hydrogen-bond acceptors (Lipinski definition) is 7. The number of rotatable bonds is 5. The van der Waals surface area contributed by atoms with Crippen LogP contribution in [0.25, 0.3) is 22.3 Å². The summed E-state index contributed by atoms with van der Waals surface area (Å²) in [6.07, 6.45) is -0.0122. The summed E-state index contributed by atoms with van der Waals surface area (Å²) in [6, 6.07) is 9.42. The number of aliphatic hydroxyl groups is 2. The smallest absolute Gasteiger partial charge is 0.343 e. The molecule has 1 aromatic carbocycles. The van der Waals surface area contributed by atoms with Gasteiger partial charge in [0.25, 0.3) is 5.56 Å². The van der Waals surface area contributed by atoms with Crippen LogP contribution >= 0.6 is 0 Å². The van der Waals surface area contributed by atoms with Crippen LogP contribution in [-0.4, -0.2) is 38.9 Å². The second-order valence-electron chi connectivity index (χ2n) is 8.06. The average molecular weight is 436 g/mol. The lowest BCUT2D eigenvalue weighted by molar-refractivity contribution is -0.172. The van der Waals surface area contributed by atoms with Gasteiger partial charge in [-0.3, -0.25) is 9.36 Å². The Kier molecular flexibility index (Phi) is 4.88. The summed E-state index contributed by atoms with van der Waals surface area (Å²) in [7, 11) is 0. The van der Waals surface area contributed by atoms with E-state index in [1.165, 1.54) is 4.57 Å². The van der Waals surface area contributed by atoms with Crippen molar-refractivity contribution in [2.45, 2.75) is 45.1 Å². The van der Waals surface area contributed by atoms with Gasteiger partial charge in [0, 0.05) is 16.5 Å². The van der Waals surface area contributed by atoms with Crippen molar-refractivity contribution < 1.29 is 24.5 Å². The molecule has 0 fully saturated rings. The number of aliphatic hydroxyl groups excluding tert-OH is 1. The highest BCUT2D eigenvalue weighted by molar-refractivity contribution is 5.89. The van der Waals surface area contributed by atoms with Gasteiger partial charge in [0.2, 0.25) is 0 Å². The van der Waals surface area contributed by atoms with Crippen LogP contribution in [-0.2, 0) is 32.9 Å². The van der Waals surface area contributed by atoms with Crippen molar-refractivity contribution in [3.05, 3.63) is 62.9 Å². The van der Waals surface area contributed by atoms with E-state index in [2.05, 4.69) is 0 Å². The Labute approximate surface area is 184 Å². The molecule has 2 atom stereocenters. The van der Waals surface area contributed by atoms with E-state index in [1.807, 2.05) is 31.2 Å². The molecule has 2 aliphatic heterocycles. The van der Waals surface area contributed by atoms with Crippen molar-refractivity contribution in [1.29, 1.82) is 0 Å². The molecule has 0 saturated heterocycles. The normalized spacial score (nSPS) is 21.2. The Morgan fingerprint density at radius 1 is 1.28 bits per heavy atom. The van der Waals surface area contributed by atoms with E-state index in [0.29, 0.717) is 17.8 Å². The van der Waals surface area contributed by atoms with Crippen molar-refractivity contribution in [3.8, 4) is 11.4 Å². The zero-order chi connectivity index (χ0) is 22.6. The van der Waals surface area contributed by atoms with Gasteiger partial charge in [-0.1, -0.05) is 32.0 Å². The SMILES string of the molecule is CCc1c2c(nc3ccccc13)-c1cc3c(c(=O)n1C2OCCO)COC(=O)[C@]3(O)CC. The van der Waals surface area contributed by atoms with Crippen molar-refractivity contribution in [2.24, 2.45) is 0 Å². The Hall–Kier alpha value is -3.07. The number of aromatic nitrogens is 2. The molecule has 32 heavy (non-hydrogen) atoms. The summed E-state index contributed by atoms with van der Waals surface area (Å²) in [6.45, 7) is 3.33. The van der Waals surface area contributed by atoms with Crippen LogP contribution in [0.3, 0.4) is 0 Å².